The smallest absolute Gasteiger partial charge is 0.247 e. The Bertz CT molecular complexity index is 960. The zero-order valence-electron chi connectivity index (χ0n) is 17.1. The van der Waals surface area contributed by atoms with Gasteiger partial charge in [-0.25, -0.2) is 0 Å². The minimum atomic E-state index is -0.643. The molecule has 1 aromatic heterocycles. The van der Waals surface area contributed by atoms with Gasteiger partial charge in [-0.15, -0.1) is 0 Å². The highest BCUT2D eigenvalue weighted by molar-refractivity contribution is 5.97. The number of fused-ring (bicyclic) bond motifs is 1. The van der Waals surface area contributed by atoms with E-state index in [4.69, 9.17) is 0 Å². The summed E-state index contributed by atoms with van der Waals surface area (Å²) in [5.74, 6) is -0.444. The highest BCUT2D eigenvalue weighted by Gasteiger charge is 2.21. The standard InChI is InChI=1S/C24H29N3O2/c1-3-4-5-8-18-11-13-20(14-12-18)27-24(29)23(26-17(2)28)15-19-16-25-22-10-7-6-9-21(19)22/h6-7,9-14,16,23,25H,3-5,8,15H2,1-2H3,(H,26,28)(H,27,29). The third-order valence-electron chi connectivity index (χ3n) is 5.08. The summed E-state index contributed by atoms with van der Waals surface area (Å²) in [5.41, 5.74) is 4.03. The number of rotatable bonds is 9. The van der Waals surface area contributed by atoms with Crippen LogP contribution in [0.3, 0.4) is 0 Å². The molecular formula is C24H29N3O2. The van der Waals surface area contributed by atoms with Crippen LogP contribution in [0, 0.1) is 0 Å². The summed E-state index contributed by atoms with van der Waals surface area (Å²) in [5, 5.41) is 6.78. The maximum atomic E-state index is 12.9. The maximum Gasteiger partial charge on any atom is 0.247 e. The summed E-state index contributed by atoms with van der Waals surface area (Å²) in [6.45, 7) is 3.63. The van der Waals surface area contributed by atoms with Crippen LogP contribution in [0.5, 0.6) is 0 Å². The van der Waals surface area contributed by atoms with Crippen molar-refractivity contribution in [1.29, 1.82) is 0 Å². The lowest BCUT2D eigenvalue weighted by molar-refractivity contribution is -0.125. The third-order valence-corrected chi connectivity index (χ3v) is 5.08. The second kappa shape index (κ2) is 9.92. The molecule has 5 nitrogen and oxygen atoms in total. The number of para-hydroxylation sites is 1. The van der Waals surface area contributed by atoms with Gasteiger partial charge in [-0.2, -0.15) is 0 Å². The molecule has 29 heavy (non-hydrogen) atoms. The van der Waals surface area contributed by atoms with Crippen molar-refractivity contribution in [3.05, 3.63) is 65.9 Å². The van der Waals surface area contributed by atoms with Crippen LogP contribution in [0.15, 0.2) is 54.7 Å². The highest BCUT2D eigenvalue weighted by Crippen LogP contribution is 2.20. The Balaban J connectivity index is 1.68. The molecule has 0 fully saturated rings. The summed E-state index contributed by atoms with van der Waals surface area (Å²) < 4.78 is 0. The number of hydrogen-bond acceptors (Lipinski definition) is 2. The minimum absolute atomic E-state index is 0.218. The van der Waals surface area contributed by atoms with Gasteiger partial charge in [0.15, 0.2) is 0 Å². The number of carbonyl (C=O) groups excluding carboxylic acids is 2. The first-order valence-electron chi connectivity index (χ1n) is 10.3. The number of benzene rings is 2. The lowest BCUT2D eigenvalue weighted by Crippen LogP contribution is -2.44. The van der Waals surface area contributed by atoms with Crippen molar-refractivity contribution in [3.8, 4) is 0 Å². The second-order valence-electron chi connectivity index (χ2n) is 7.46. The van der Waals surface area contributed by atoms with E-state index in [1.165, 1.54) is 31.7 Å². The Morgan fingerprint density at radius 2 is 1.79 bits per heavy atom. The zero-order valence-corrected chi connectivity index (χ0v) is 17.1. The number of aromatic nitrogens is 1. The first-order valence-corrected chi connectivity index (χ1v) is 10.3. The Hall–Kier alpha value is -3.08. The van der Waals surface area contributed by atoms with E-state index in [2.05, 4.69) is 34.7 Å². The zero-order chi connectivity index (χ0) is 20.6. The van der Waals surface area contributed by atoms with Crippen molar-refractivity contribution in [1.82, 2.24) is 10.3 Å². The monoisotopic (exact) mass is 391 g/mol. The molecule has 0 saturated heterocycles. The van der Waals surface area contributed by atoms with E-state index >= 15 is 0 Å². The predicted octanol–water partition coefficient (Wildman–Crippen LogP) is 4.59. The largest absolute Gasteiger partial charge is 0.361 e. The van der Waals surface area contributed by atoms with Crippen LogP contribution in [0.4, 0.5) is 5.69 Å². The molecule has 2 amide bonds. The van der Waals surface area contributed by atoms with Gasteiger partial charge in [-0.05, 0) is 42.2 Å². The Morgan fingerprint density at radius 1 is 1.03 bits per heavy atom. The number of aromatic amines is 1. The van der Waals surface area contributed by atoms with E-state index in [0.717, 1.165) is 28.6 Å². The van der Waals surface area contributed by atoms with E-state index in [9.17, 15) is 9.59 Å². The van der Waals surface area contributed by atoms with E-state index in [0.29, 0.717) is 6.42 Å². The van der Waals surface area contributed by atoms with Crippen molar-refractivity contribution in [3.63, 3.8) is 0 Å². The molecule has 0 aliphatic heterocycles. The number of amides is 2. The first kappa shape index (κ1) is 20.6. The first-order chi connectivity index (χ1) is 14.1. The topological polar surface area (TPSA) is 74.0 Å². The Morgan fingerprint density at radius 3 is 2.52 bits per heavy atom. The van der Waals surface area contributed by atoms with E-state index in [-0.39, 0.29) is 11.8 Å². The van der Waals surface area contributed by atoms with Crippen molar-refractivity contribution in [2.24, 2.45) is 0 Å². The lowest BCUT2D eigenvalue weighted by atomic mass is 10.0. The van der Waals surface area contributed by atoms with E-state index in [1.54, 1.807) is 0 Å². The van der Waals surface area contributed by atoms with Gasteiger partial charge in [-0.3, -0.25) is 9.59 Å². The molecule has 1 heterocycles. The van der Waals surface area contributed by atoms with E-state index < -0.39 is 6.04 Å². The molecule has 1 unspecified atom stereocenters. The average Bonchev–Trinajstić information content (AvgIpc) is 3.12. The summed E-state index contributed by atoms with van der Waals surface area (Å²) in [6.07, 6.45) is 6.98. The normalized spacial score (nSPS) is 11.9. The quantitative estimate of drug-likeness (QED) is 0.467. The summed E-state index contributed by atoms with van der Waals surface area (Å²) >= 11 is 0. The molecule has 3 aromatic rings. The molecule has 1 atom stereocenters. The van der Waals surface area contributed by atoms with Gasteiger partial charge >= 0.3 is 0 Å². The lowest BCUT2D eigenvalue weighted by Gasteiger charge is -2.17. The molecule has 0 spiro atoms. The van der Waals surface area contributed by atoms with Crippen LogP contribution < -0.4 is 10.6 Å². The number of unbranched alkanes of at least 4 members (excludes halogenated alkanes) is 2. The molecule has 0 saturated carbocycles. The average molecular weight is 392 g/mol. The summed E-state index contributed by atoms with van der Waals surface area (Å²) in [6, 6.07) is 15.3. The number of anilines is 1. The van der Waals surface area contributed by atoms with Crippen molar-refractivity contribution < 1.29 is 9.59 Å². The predicted molar refractivity (Wildman–Crippen MR) is 118 cm³/mol. The molecule has 3 N–H and O–H groups in total. The SMILES string of the molecule is CCCCCc1ccc(NC(=O)C(Cc2c[nH]c3ccccc23)NC(C)=O)cc1. The van der Waals surface area contributed by atoms with Gasteiger partial charge in [0.25, 0.3) is 0 Å². The van der Waals surface area contributed by atoms with E-state index in [1.807, 2.05) is 42.6 Å². The van der Waals surface area contributed by atoms with Crippen LogP contribution >= 0.6 is 0 Å². The number of nitrogens with one attached hydrogen (secondary N) is 3. The molecular weight excluding hydrogens is 362 g/mol. The van der Waals surface area contributed by atoms with Crippen LogP contribution in [0.1, 0.15) is 44.2 Å². The molecule has 2 aromatic carbocycles. The fraction of sp³-hybridized carbons (Fsp3) is 0.333. The van der Waals surface area contributed by atoms with Crippen LogP contribution in [0.25, 0.3) is 10.9 Å². The summed E-state index contributed by atoms with van der Waals surface area (Å²) in [4.78, 5) is 27.8. The van der Waals surface area contributed by atoms with Crippen molar-refractivity contribution >= 4 is 28.4 Å². The van der Waals surface area contributed by atoms with Crippen LogP contribution in [-0.2, 0) is 22.4 Å². The Kier molecular flexibility index (Phi) is 7.06. The minimum Gasteiger partial charge on any atom is -0.361 e. The molecule has 152 valence electrons. The summed E-state index contributed by atoms with van der Waals surface area (Å²) in [7, 11) is 0. The van der Waals surface area contributed by atoms with Gasteiger partial charge in [0.1, 0.15) is 6.04 Å². The van der Waals surface area contributed by atoms with Crippen LogP contribution in [-0.4, -0.2) is 22.8 Å². The van der Waals surface area contributed by atoms with Crippen molar-refractivity contribution in [2.45, 2.75) is 52.0 Å². The second-order valence-corrected chi connectivity index (χ2v) is 7.46. The van der Waals surface area contributed by atoms with Gasteiger partial charge in [0.05, 0.1) is 0 Å². The number of aryl methyl sites for hydroxylation is 1. The maximum absolute atomic E-state index is 12.9. The molecule has 0 aliphatic carbocycles. The van der Waals surface area contributed by atoms with Gasteiger partial charge in [0.2, 0.25) is 11.8 Å². The fourth-order valence-corrected chi connectivity index (χ4v) is 3.54. The fourth-order valence-electron chi connectivity index (χ4n) is 3.54. The molecule has 5 heteroatoms. The van der Waals surface area contributed by atoms with Crippen LogP contribution in [0.2, 0.25) is 0 Å². The molecule has 0 aliphatic rings. The third kappa shape index (κ3) is 5.70. The highest BCUT2D eigenvalue weighted by atomic mass is 16.2. The number of H-pyrrole nitrogens is 1. The molecule has 0 bridgehead atoms. The van der Waals surface area contributed by atoms with Gasteiger partial charge in [0, 0.05) is 36.1 Å². The van der Waals surface area contributed by atoms with Crippen molar-refractivity contribution in [2.75, 3.05) is 5.32 Å². The number of hydrogen-bond donors (Lipinski definition) is 3. The number of carbonyl (C=O) groups is 2. The molecule has 3 rings (SSSR count). The van der Waals surface area contributed by atoms with Gasteiger partial charge < -0.3 is 15.6 Å². The Labute approximate surface area is 171 Å². The van der Waals surface area contributed by atoms with Gasteiger partial charge in [-0.1, -0.05) is 50.1 Å². The molecule has 0 radical (unpaired) electrons.